The number of Topliss-reactive ketones (excluding diaryl/α,β-unsaturated/α-hetero) is 1. The quantitative estimate of drug-likeness (QED) is 0.436. The van der Waals surface area contributed by atoms with Gasteiger partial charge in [-0.05, 0) is 18.6 Å². The minimum absolute atomic E-state index is 0.00460. The largest absolute Gasteiger partial charge is 0.357 e. The number of halogens is 1. The number of rotatable bonds is 6. The van der Waals surface area contributed by atoms with Crippen LogP contribution >= 0.6 is 27.7 Å². The molecule has 1 atom stereocenters. The van der Waals surface area contributed by atoms with E-state index in [1.165, 1.54) is 11.8 Å². The van der Waals surface area contributed by atoms with Crippen LogP contribution in [0.25, 0.3) is 0 Å². The van der Waals surface area contributed by atoms with E-state index < -0.39 is 5.44 Å². The molecule has 114 valence electrons. The Hall–Kier alpha value is -0.850. The number of thioether (sulfide) groups is 1. The molecule has 0 fully saturated rings. The van der Waals surface area contributed by atoms with Gasteiger partial charge in [-0.2, -0.15) is 0 Å². The van der Waals surface area contributed by atoms with Crippen LogP contribution in [0.15, 0.2) is 23.1 Å². The maximum absolute atomic E-state index is 12.3. The van der Waals surface area contributed by atoms with Crippen LogP contribution in [0, 0.1) is 0 Å². The normalized spacial score (nSPS) is 17.8. The SMILES string of the molecule is CCCCOC1Sc2ccc(C(=O)CBr)cc2N(C)C1=O. The van der Waals surface area contributed by atoms with Crippen molar-refractivity contribution in [2.45, 2.75) is 30.1 Å². The summed E-state index contributed by atoms with van der Waals surface area (Å²) < 4.78 is 5.66. The number of benzene rings is 1. The van der Waals surface area contributed by atoms with Crippen molar-refractivity contribution >= 4 is 45.1 Å². The molecule has 0 aliphatic carbocycles. The van der Waals surface area contributed by atoms with E-state index in [2.05, 4.69) is 22.9 Å². The predicted octanol–water partition coefficient (Wildman–Crippen LogP) is 3.48. The minimum atomic E-state index is -0.494. The molecule has 1 heterocycles. The summed E-state index contributed by atoms with van der Waals surface area (Å²) in [6.07, 6.45) is 1.98. The highest BCUT2D eigenvalue weighted by atomic mass is 79.9. The number of anilines is 1. The second kappa shape index (κ2) is 7.42. The van der Waals surface area contributed by atoms with E-state index >= 15 is 0 Å². The number of ketones is 1. The lowest BCUT2D eigenvalue weighted by atomic mass is 10.1. The van der Waals surface area contributed by atoms with Gasteiger partial charge in [-0.25, -0.2) is 0 Å². The molecule has 21 heavy (non-hydrogen) atoms. The lowest BCUT2D eigenvalue weighted by Gasteiger charge is -2.31. The first kappa shape index (κ1) is 16.5. The second-order valence-electron chi connectivity index (χ2n) is 4.81. The number of amides is 1. The number of carbonyl (C=O) groups excluding carboxylic acids is 2. The topological polar surface area (TPSA) is 46.6 Å². The molecule has 1 aliphatic rings. The summed E-state index contributed by atoms with van der Waals surface area (Å²) in [7, 11) is 1.72. The van der Waals surface area contributed by atoms with E-state index in [4.69, 9.17) is 4.74 Å². The summed E-state index contributed by atoms with van der Waals surface area (Å²) in [6, 6.07) is 5.45. The lowest BCUT2D eigenvalue weighted by molar-refractivity contribution is -0.125. The molecule has 0 bridgehead atoms. The summed E-state index contributed by atoms with van der Waals surface area (Å²) in [5, 5.41) is 0.277. The predicted molar refractivity (Wildman–Crippen MR) is 88.5 cm³/mol. The molecule has 6 heteroatoms. The Morgan fingerprint density at radius 1 is 1.48 bits per heavy atom. The van der Waals surface area contributed by atoms with Gasteiger partial charge in [-0.1, -0.05) is 47.1 Å². The minimum Gasteiger partial charge on any atom is -0.357 e. The second-order valence-corrected chi connectivity index (χ2v) is 6.48. The molecule has 1 amide bonds. The number of likely N-dealkylation sites (N-methyl/N-ethyl adjacent to an activating group) is 1. The molecule has 0 saturated heterocycles. The molecule has 1 aromatic carbocycles. The summed E-state index contributed by atoms with van der Waals surface area (Å²) in [6.45, 7) is 2.67. The van der Waals surface area contributed by atoms with Crippen LogP contribution in [-0.4, -0.2) is 36.1 Å². The van der Waals surface area contributed by atoms with E-state index in [1.807, 2.05) is 6.07 Å². The number of fused-ring (bicyclic) bond motifs is 1. The van der Waals surface area contributed by atoms with E-state index in [0.29, 0.717) is 12.2 Å². The van der Waals surface area contributed by atoms with E-state index in [0.717, 1.165) is 23.4 Å². The molecule has 0 spiro atoms. The van der Waals surface area contributed by atoms with Crippen LogP contribution in [0.3, 0.4) is 0 Å². The molecule has 0 radical (unpaired) electrons. The first-order chi connectivity index (χ1) is 10.1. The molecular weight excluding hydrogens is 354 g/mol. The number of alkyl halides is 1. The first-order valence-electron chi connectivity index (χ1n) is 6.87. The molecule has 4 nitrogen and oxygen atoms in total. The zero-order chi connectivity index (χ0) is 15.4. The Balaban J connectivity index is 2.21. The number of ether oxygens (including phenoxy) is 1. The number of hydrogen-bond donors (Lipinski definition) is 0. The molecule has 1 aromatic rings. The molecule has 1 aliphatic heterocycles. The summed E-state index contributed by atoms with van der Waals surface area (Å²) >= 11 is 4.57. The van der Waals surface area contributed by atoms with Gasteiger partial charge in [0.1, 0.15) is 0 Å². The van der Waals surface area contributed by atoms with Crippen LogP contribution in [-0.2, 0) is 9.53 Å². The molecule has 0 N–H and O–H groups in total. The standard InChI is InChI=1S/C15H18BrNO3S/c1-3-4-7-20-15-14(19)17(2)11-8-10(12(18)9-16)5-6-13(11)21-15/h5-6,8,15H,3-4,7,9H2,1-2H3. The number of unbranched alkanes of at least 4 members (excludes halogenated alkanes) is 1. The van der Waals surface area contributed by atoms with Gasteiger partial charge in [-0.3, -0.25) is 9.59 Å². The van der Waals surface area contributed by atoms with Crippen molar-refractivity contribution in [1.82, 2.24) is 0 Å². The zero-order valence-electron chi connectivity index (χ0n) is 12.1. The fourth-order valence-corrected chi connectivity index (χ4v) is 3.45. The van der Waals surface area contributed by atoms with Gasteiger partial charge in [0.15, 0.2) is 11.2 Å². The van der Waals surface area contributed by atoms with Crippen molar-refractivity contribution in [1.29, 1.82) is 0 Å². The maximum Gasteiger partial charge on any atom is 0.266 e. The summed E-state index contributed by atoms with van der Waals surface area (Å²) in [5.74, 6) is -0.0722. The van der Waals surface area contributed by atoms with E-state index in [-0.39, 0.29) is 17.0 Å². The molecule has 1 unspecified atom stereocenters. The highest BCUT2D eigenvalue weighted by Crippen LogP contribution is 2.39. The Morgan fingerprint density at radius 2 is 2.24 bits per heavy atom. The van der Waals surface area contributed by atoms with Gasteiger partial charge in [0.05, 0.1) is 11.0 Å². The van der Waals surface area contributed by atoms with Gasteiger partial charge in [-0.15, -0.1) is 0 Å². The van der Waals surface area contributed by atoms with Crippen molar-refractivity contribution < 1.29 is 14.3 Å². The van der Waals surface area contributed by atoms with Crippen LogP contribution in [0.2, 0.25) is 0 Å². The Kier molecular flexibility index (Phi) is 5.84. The van der Waals surface area contributed by atoms with Gasteiger partial charge in [0.2, 0.25) is 0 Å². The van der Waals surface area contributed by atoms with Gasteiger partial charge < -0.3 is 9.64 Å². The van der Waals surface area contributed by atoms with Crippen LogP contribution in [0.4, 0.5) is 5.69 Å². The molecule has 0 saturated carbocycles. The number of carbonyl (C=O) groups is 2. The fraction of sp³-hybridized carbons (Fsp3) is 0.467. The monoisotopic (exact) mass is 371 g/mol. The van der Waals surface area contributed by atoms with Gasteiger partial charge in [0, 0.05) is 24.1 Å². The Morgan fingerprint density at radius 3 is 2.90 bits per heavy atom. The third-order valence-corrected chi connectivity index (χ3v) is 4.96. The van der Waals surface area contributed by atoms with E-state index in [9.17, 15) is 9.59 Å². The number of nitrogens with zero attached hydrogens (tertiary/aromatic N) is 1. The van der Waals surface area contributed by atoms with Crippen molar-refractivity contribution in [3.05, 3.63) is 23.8 Å². The van der Waals surface area contributed by atoms with Crippen LogP contribution < -0.4 is 4.90 Å². The van der Waals surface area contributed by atoms with Crippen LogP contribution in [0.1, 0.15) is 30.1 Å². The molecule has 0 aromatic heterocycles. The Bertz CT molecular complexity index is 550. The third-order valence-electron chi connectivity index (χ3n) is 3.30. The van der Waals surface area contributed by atoms with Crippen molar-refractivity contribution in [3.63, 3.8) is 0 Å². The van der Waals surface area contributed by atoms with E-state index in [1.54, 1.807) is 24.1 Å². The van der Waals surface area contributed by atoms with Gasteiger partial charge >= 0.3 is 0 Å². The highest BCUT2D eigenvalue weighted by Gasteiger charge is 2.32. The smallest absolute Gasteiger partial charge is 0.266 e. The van der Waals surface area contributed by atoms with Crippen LogP contribution in [0.5, 0.6) is 0 Å². The lowest BCUT2D eigenvalue weighted by Crippen LogP contribution is -2.39. The van der Waals surface area contributed by atoms with Crippen molar-refractivity contribution in [2.75, 3.05) is 23.9 Å². The maximum atomic E-state index is 12.3. The van der Waals surface area contributed by atoms with Gasteiger partial charge in [0.25, 0.3) is 5.91 Å². The molecule has 2 rings (SSSR count). The summed E-state index contributed by atoms with van der Waals surface area (Å²) in [4.78, 5) is 26.6. The zero-order valence-corrected chi connectivity index (χ0v) is 14.5. The average Bonchev–Trinajstić information content (AvgIpc) is 2.51. The van der Waals surface area contributed by atoms with Crippen molar-refractivity contribution in [3.8, 4) is 0 Å². The molecular formula is C15H18BrNO3S. The highest BCUT2D eigenvalue weighted by molar-refractivity contribution is 9.09. The first-order valence-corrected chi connectivity index (χ1v) is 8.87. The summed E-state index contributed by atoms with van der Waals surface area (Å²) in [5.41, 5.74) is 0.884. The average molecular weight is 372 g/mol. The fourth-order valence-electron chi connectivity index (χ4n) is 2.01. The Labute approximate surface area is 137 Å². The van der Waals surface area contributed by atoms with Crippen molar-refractivity contribution in [2.24, 2.45) is 0 Å². The third kappa shape index (κ3) is 3.67. The number of hydrogen-bond acceptors (Lipinski definition) is 4.